The Morgan fingerprint density at radius 2 is 2.15 bits per heavy atom. The minimum atomic E-state index is -4.67. The lowest BCUT2D eigenvalue weighted by atomic mass is 10.1. The lowest BCUT2D eigenvalue weighted by Gasteiger charge is -2.15. The molecule has 0 amide bonds. The fraction of sp³-hybridized carbons (Fsp3) is 0.182. The van der Waals surface area contributed by atoms with E-state index in [9.17, 15) is 13.2 Å². The zero-order valence-corrected chi connectivity index (χ0v) is 10.2. The van der Waals surface area contributed by atoms with Crippen LogP contribution in [0, 0.1) is 16.7 Å². The number of nitriles is 1. The van der Waals surface area contributed by atoms with Gasteiger partial charge in [-0.1, -0.05) is 6.07 Å². The topological polar surface area (TPSA) is 107 Å². The highest BCUT2D eigenvalue weighted by atomic mass is 19.4. The molecule has 0 aliphatic rings. The monoisotopic (exact) mass is 285 g/mol. The number of nitrogens with one attached hydrogen (secondary N) is 2. The number of halogens is 3. The molecule has 0 unspecified atom stereocenters. The fourth-order valence-corrected chi connectivity index (χ4v) is 1.35. The van der Waals surface area contributed by atoms with Gasteiger partial charge >= 0.3 is 6.18 Å². The smallest absolute Gasteiger partial charge is 0.422 e. The van der Waals surface area contributed by atoms with Gasteiger partial charge in [0, 0.05) is 0 Å². The van der Waals surface area contributed by atoms with E-state index < -0.39 is 29.0 Å². The number of anilines is 1. The molecular weight excluding hydrogens is 275 g/mol. The zero-order valence-electron chi connectivity index (χ0n) is 10.2. The second-order valence-electron chi connectivity index (χ2n) is 3.48. The van der Waals surface area contributed by atoms with Crippen LogP contribution in [0.4, 0.5) is 18.9 Å². The van der Waals surface area contributed by atoms with E-state index in [1.165, 1.54) is 12.1 Å². The van der Waals surface area contributed by atoms with E-state index in [0.717, 1.165) is 19.2 Å². The standard InChI is InChI=1S/C11H10F3N5O/c1-20-8-4-2-3-6(9(8)11(12,13)14)18-19-7(5-15)10(16)17/h2-4,18H,1H3,(H3,16,17)/b19-7+. The average molecular weight is 285 g/mol. The Morgan fingerprint density at radius 3 is 2.60 bits per heavy atom. The largest absolute Gasteiger partial charge is 0.496 e. The summed E-state index contributed by atoms with van der Waals surface area (Å²) < 4.78 is 43.5. The summed E-state index contributed by atoms with van der Waals surface area (Å²) in [7, 11) is 1.11. The molecule has 0 heterocycles. The molecule has 106 valence electrons. The third-order valence-electron chi connectivity index (χ3n) is 2.18. The highest BCUT2D eigenvalue weighted by Crippen LogP contribution is 2.41. The quantitative estimate of drug-likeness (QED) is 0.446. The number of benzene rings is 1. The molecule has 20 heavy (non-hydrogen) atoms. The highest BCUT2D eigenvalue weighted by Gasteiger charge is 2.37. The third kappa shape index (κ3) is 3.38. The van der Waals surface area contributed by atoms with Crippen LogP contribution in [0.25, 0.3) is 0 Å². The molecule has 6 nitrogen and oxygen atoms in total. The molecule has 0 spiro atoms. The number of hydrogen-bond acceptors (Lipinski definition) is 5. The summed E-state index contributed by atoms with van der Waals surface area (Å²) in [6, 6.07) is 5.07. The number of amidine groups is 1. The van der Waals surface area contributed by atoms with Gasteiger partial charge in [-0.15, -0.1) is 0 Å². The van der Waals surface area contributed by atoms with Gasteiger partial charge < -0.3 is 10.5 Å². The minimum absolute atomic E-state index is 0.390. The predicted molar refractivity (Wildman–Crippen MR) is 66.6 cm³/mol. The third-order valence-corrected chi connectivity index (χ3v) is 2.18. The van der Waals surface area contributed by atoms with Crippen molar-refractivity contribution in [2.75, 3.05) is 12.5 Å². The molecule has 1 aromatic carbocycles. The Morgan fingerprint density at radius 1 is 1.50 bits per heavy atom. The molecule has 0 saturated carbocycles. The maximum atomic E-state index is 13.0. The SMILES string of the molecule is COc1cccc(N/N=C(\C#N)C(=N)N)c1C(F)(F)F. The minimum Gasteiger partial charge on any atom is -0.496 e. The summed E-state index contributed by atoms with van der Waals surface area (Å²) in [5.41, 5.74) is 5.10. The fourth-order valence-electron chi connectivity index (χ4n) is 1.35. The number of nitrogens with two attached hydrogens (primary N) is 1. The molecule has 0 atom stereocenters. The van der Waals surface area contributed by atoms with Gasteiger partial charge in [0.1, 0.15) is 17.4 Å². The summed E-state index contributed by atoms with van der Waals surface area (Å²) in [6.07, 6.45) is -4.67. The van der Waals surface area contributed by atoms with Crippen LogP contribution in [-0.2, 0) is 6.18 Å². The normalized spacial score (nSPS) is 11.7. The van der Waals surface area contributed by atoms with E-state index in [2.05, 4.69) is 15.3 Å². The molecule has 0 saturated heterocycles. The van der Waals surface area contributed by atoms with Crippen molar-refractivity contribution in [1.29, 1.82) is 10.7 Å². The Hall–Kier alpha value is -2.76. The molecule has 0 aliphatic carbocycles. The van der Waals surface area contributed by atoms with Crippen molar-refractivity contribution in [3.05, 3.63) is 23.8 Å². The zero-order chi connectivity index (χ0) is 15.3. The summed E-state index contributed by atoms with van der Waals surface area (Å²) >= 11 is 0. The molecule has 1 rings (SSSR count). The van der Waals surface area contributed by atoms with E-state index in [1.807, 2.05) is 0 Å². The lowest BCUT2D eigenvalue weighted by molar-refractivity contribution is -0.138. The molecule has 1 aromatic rings. The van der Waals surface area contributed by atoms with Gasteiger partial charge in [-0.3, -0.25) is 10.8 Å². The van der Waals surface area contributed by atoms with Crippen LogP contribution in [0.1, 0.15) is 5.56 Å². The van der Waals surface area contributed by atoms with Gasteiger partial charge in [-0.2, -0.15) is 23.5 Å². The summed E-state index contributed by atoms with van der Waals surface area (Å²) in [6.45, 7) is 0. The van der Waals surface area contributed by atoms with Gasteiger partial charge in [0.05, 0.1) is 12.8 Å². The molecule has 0 radical (unpaired) electrons. The van der Waals surface area contributed by atoms with E-state index in [-0.39, 0.29) is 5.75 Å². The Kier molecular flexibility index (Phi) is 4.53. The van der Waals surface area contributed by atoms with Crippen LogP contribution >= 0.6 is 0 Å². The van der Waals surface area contributed by atoms with Crippen LogP contribution in [0.3, 0.4) is 0 Å². The number of rotatable bonds is 4. The molecule has 9 heteroatoms. The second kappa shape index (κ2) is 5.92. The first-order valence-corrected chi connectivity index (χ1v) is 5.13. The average Bonchev–Trinajstić information content (AvgIpc) is 2.37. The number of nitrogens with zero attached hydrogens (tertiary/aromatic N) is 2. The molecule has 4 N–H and O–H groups in total. The molecule has 0 aromatic heterocycles. The first-order valence-electron chi connectivity index (χ1n) is 5.13. The van der Waals surface area contributed by atoms with Crippen LogP contribution < -0.4 is 15.9 Å². The summed E-state index contributed by atoms with van der Waals surface area (Å²) in [5, 5.41) is 19.0. The number of hydrazone groups is 1. The molecule has 0 aliphatic heterocycles. The lowest BCUT2D eigenvalue weighted by Crippen LogP contribution is -2.22. The summed E-state index contributed by atoms with van der Waals surface area (Å²) in [5.74, 6) is -1.05. The van der Waals surface area contributed by atoms with Crippen molar-refractivity contribution < 1.29 is 17.9 Å². The Balaban J connectivity index is 3.27. The second-order valence-corrected chi connectivity index (χ2v) is 3.48. The molecule has 0 bridgehead atoms. The van der Waals surface area contributed by atoms with E-state index in [0.29, 0.717) is 0 Å². The number of methoxy groups -OCH3 is 1. The van der Waals surface area contributed by atoms with Crippen LogP contribution in [0.5, 0.6) is 5.75 Å². The first kappa shape index (κ1) is 15.3. The first-order chi connectivity index (χ1) is 9.31. The van der Waals surface area contributed by atoms with Gasteiger partial charge in [0.2, 0.25) is 5.71 Å². The van der Waals surface area contributed by atoms with Crippen LogP contribution in [0.15, 0.2) is 23.3 Å². The highest BCUT2D eigenvalue weighted by molar-refractivity contribution is 6.45. The van der Waals surface area contributed by atoms with Crippen LogP contribution in [-0.4, -0.2) is 18.7 Å². The summed E-state index contributed by atoms with van der Waals surface area (Å²) in [4.78, 5) is 0. The van der Waals surface area contributed by atoms with E-state index in [1.54, 1.807) is 0 Å². The number of ether oxygens (including phenoxy) is 1. The van der Waals surface area contributed by atoms with Crippen molar-refractivity contribution in [3.8, 4) is 11.8 Å². The number of hydrogen-bond donors (Lipinski definition) is 3. The van der Waals surface area contributed by atoms with E-state index in [4.69, 9.17) is 16.4 Å². The molecular formula is C11H10F3N5O. The molecule has 0 fully saturated rings. The van der Waals surface area contributed by atoms with Gasteiger partial charge in [0.15, 0.2) is 5.84 Å². The number of alkyl halides is 3. The maximum absolute atomic E-state index is 13.0. The Bertz CT molecular complexity index is 589. The van der Waals surface area contributed by atoms with Crippen molar-refractivity contribution in [2.24, 2.45) is 10.8 Å². The maximum Gasteiger partial charge on any atom is 0.422 e. The van der Waals surface area contributed by atoms with Crippen LogP contribution in [0.2, 0.25) is 0 Å². The van der Waals surface area contributed by atoms with Crippen molar-refractivity contribution in [2.45, 2.75) is 6.18 Å². The van der Waals surface area contributed by atoms with Crippen molar-refractivity contribution >= 4 is 17.2 Å². The van der Waals surface area contributed by atoms with Crippen molar-refractivity contribution in [3.63, 3.8) is 0 Å². The van der Waals surface area contributed by atoms with E-state index >= 15 is 0 Å². The predicted octanol–water partition coefficient (Wildman–Crippen LogP) is 1.94. The van der Waals surface area contributed by atoms with Crippen molar-refractivity contribution in [1.82, 2.24) is 0 Å². The van der Waals surface area contributed by atoms with Gasteiger partial charge in [0.25, 0.3) is 0 Å². The van der Waals surface area contributed by atoms with Gasteiger partial charge in [-0.05, 0) is 12.1 Å². The van der Waals surface area contributed by atoms with Gasteiger partial charge in [-0.25, -0.2) is 0 Å². The Labute approximate surface area is 112 Å².